The van der Waals surface area contributed by atoms with Crippen molar-refractivity contribution in [3.63, 3.8) is 0 Å². The lowest BCUT2D eigenvalue weighted by atomic mass is 9.91. The first-order chi connectivity index (χ1) is 7.17. The van der Waals surface area contributed by atoms with Crippen molar-refractivity contribution < 1.29 is 5.11 Å². The van der Waals surface area contributed by atoms with Crippen LogP contribution in [0.5, 0.6) is 0 Å². The summed E-state index contributed by atoms with van der Waals surface area (Å²) in [4.78, 5) is 0. The van der Waals surface area contributed by atoms with Crippen molar-refractivity contribution in [3.8, 4) is 0 Å². The summed E-state index contributed by atoms with van der Waals surface area (Å²) >= 11 is 5.82. The van der Waals surface area contributed by atoms with Gasteiger partial charge in [-0.3, -0.25) is 0 Å². The highest BCUT2D eigenvalue weighted by atomic mass is 35.5. The molecule has 0 saturated carbocycles. The molecule has 3 heteroatoms. The molecule has 0 aliphatic rings. The molecule has 0 amide bonds. The molecule has 0 radical (unpaired) electrons. The van der Waals surface area contributed by atoms with Gasteiger partial charge in [0.05, 0.1) is 0 Å². The molecule has 0 saturated heterocycles. The number of benzene rings is 1. The Bertz CT molecular complexity index is 282. The lowest BCUT2D eigenvalue weighted by molar-refractivity contribution is 0.217. The third-order valence-electron chi connectivity index (χ3n) is 2.72. The van der Waals surface area contributed by atoms with Gasteiger partial charge in [-0.2, -0.15) is 0 Å². The molecule has 15 heavy (non-hydrogen) atoms. The van der Waals surface area contributed by atoms with Crippen LogP contribution in [0.3, 0.4) is 0 Å². The average Bonchev–Trinajstić information content (AvgIpc) is 2.26. The van der Waals surface area contributed by atoms with Gasteiger partial charge in [-0.05, 0) is 42.5 Å². The van der Waals surface area contributed by atoms with Gasteiger partial charge in [0.1, 0.15) is 0 Å². The van der Waals surface area contributed by atoms with Crippen molar-refractivity contribution >= 4 is 11.6 Å². The third kappa shape index (κ3) is 3.82. The summed E-state index contributed by atoms with van der Waals surface area (Å²) in [6.45, 7) is 2.84. The molecule has 0 spiro atoms. The molecular weight excluding hydrogens is 210 g/mol. The van der Waals surface area contributed by atoms with Gasteiger partial charge in [0, 0.05) is 11.6 Å². The van der Waals surface area contributed by atoms with Crippen molar-refractivity contribution in [3.05, 3.63) is 34.9 Å². The smallest absolute Gasteiger partial charge is 0.0471 e. The zero-order valence-corrected chi connectivity index (χ0v) is 9.74. The predicted molar refractivity (Wildman–Crippen MR) is 64.1 cm³/mol. The van der Waals surface area contributed by atoms with Gasteiger partial charge >= 0.3 is 0 Å². The van der Waals surface area contributed by atoms with Gasteiger partial charge in [0.15, 0.2) is 0 Å². The molecular formula is C12H18ClNO. The van der Waals surface area contributed by atoms with Gasteiger partial charge in [-0.15, -0.1) is 0 Å². The van der Waals surface area contributed by atoms with Crippen LogP contribution in [-0.2, 0) is 0 Å². The minimum Gasteiger partial charge on any atom is -0.396 e. The molecule has 0 fully saturated rings. The molecule has 2 atom stereocenters. The van der Waals surface area contributed by atoms with E-state index in [-0.39, 0.29) is 12.5 Å². The monoisotopic (exact) mass is 227 g/mol. The van der Waals surface area contributed by atoms with E-state index < -0.39 is 0 Å². The normalized spacial score (nSPS) is 14.9. The molecule has 1 rings (SSSR count). The average molecular weight is 228 g/mol. The maximum atomic E-state index is 9.06. The van der Waals surface area contributed by atoms with Crippen LogP contribution in [0.4, 0.5) is 0 Å². The van der Waals surface area contributed by atoms with E-state index in [0.717, 1.165) is 11.4 Å². The predicted octanol–water partition coefficient (Wildman–Crippen LogP) is 2.40. The van der Waals surface area contributed by atoms with E-state index in [1.807, 2.05) is 24.3 Å². The lowest BCUT2D eigenvalue weighted by Gasteiger charge is -2.17. The Balaban J connectivity index is 2.60. The Morgan fingerprint density at radius 2 is 1.93 bits per heavy atom. The number of hydrogen-bond acceptors (Lipinski definition) is 2. The Morgan fingerprint density at radius 1 is 1.33 bits per heavy atom. The van der Waals surface area contributed by atoms with Crippen molar-refractivity contribution in [2.45, 2.75) is 19.3 Å². The second kappa shape index (κ2) is 6.11. The van der Waals surface area contributed by atoms with Crippen LogP contribution in [0.15, 0.2) is 24.3 Å². The number of halogens is 1. The fourth-order valence-electron chi connectivity index (χ4n) is 1.67. The molecule has 2 unspecified atom stereocenters. The third-order valence-corrected chi connectivity index (χ3v) is 2.97. The van der Waals surface area contributed by atoms with Crippen LogP contribution in [0.25, 0.3) is 0 Å². The molecule has 84 valence electrons. The van der Waals surface area contributed by atoms with Crippen LogP contribution >= 0.6 is 11.6 Å². The number of nitrogens with two attached hydrogens (primary N) is 1. The topological polar surface area (TPSA) is 46.2 Å². The summed E-state index contributed by atoms with van der Waals surface area (Å²) in [5.41, 5.74) is 6.79. The number of rotatable bonds is 5. The van der Waals surface area contributed by atoms with E-state index in [2.05, 4.69) is 6.92 Å². The largest absolute Gasteiger partial charge is 0.396 e. The molecule has 1 aromatic carbocycles. The van der Waals surface area contributed by atoms with Gasteiger partial charge in [-0.1, -0.05) is 30.7 Å². The zero-order valence-electron chi connectivity index (χ0n) is 8.99. The van der Waals surface area contributed by atoms with Crippen molar-refractivity contribution in [2.24, 2.45) is 11.7 Å². The highest BCUT2D eigenvalue weighted by Gasteiger charge is 2.12. The standard InChI is InChI=1S/C12H18ClNO/c1-9(6-10(7-14)8-15)11-2-4-12(13)5-3-11/h2-5,9-10,15H,6-8,14H2,1H3. The summed E-state index contributed by atoms with van der Waals surface area (Å²) in [5, 5.41) is 9.82. The summed E-state index contributed by atoms with van der Waals surface area (Å²) in [5.74, 6) is 0.596. The first-order valence-electron chi connectivity index (χ1n) is 5.23. The van der Waals surface area contributed by atoms with E-state index >= 15 is 0 Å². The first-order valence-corrected chi connectivity index (χ1v) is 5.61. The maximum Gasteiger partial charge on any atom is 0.0471 e. The molecule has 2 nitrogen and oxygen atoms in total. The van der Waals surface area contributed by atoms with Crippen LogP contribution < -0.4 is 5.73 Å². The maximum absolute atomic E-state index is 9.06. The number of hydrogen-bond donors (Lipinski definition) is 2. The van der Waals surface area contributed by atoms with Gasteiger partial charge < -0.3 is 10.8 Å². The van der Waals surface area contributed by atoms with Gasteiger partial charge in [0.2, 0.25) is 0 Å². The molecule has 0 aliphatic carbocycles. The Labute approximate surface area is 96.1 Å². The van der Waals surface area contributed by atoms with Crippen LogP contribution in [0.2, 0.25) is 5.02 Å². The molecule has 0 bridgehead atoms. The Kier molecular flexibility index (Phi) is 5.09. The molecule has 0 heterocycles. The summed E-state index contributed by atoms with van der Waals surface area (Å²) in [6, 6.07) is 7.84. The molecule has 0 aromatic heterocycles. The summed E-state index contributed by atoms with van der Waals surface area (Å²) < 4.78 is 0. The Hall–Kier alpha value is -0.570. The fourth-order valence-corrected chi connectivity index (χ4v) is 1.80. The quantitative estimate of drug-likeness (QED) is 0.812. The Morgan fingerprint density at radius 3 is 2.40 bits per heavy atom. The van der Waals surface area contributed by atoms with E-state index in [9.17, 15) is 0 Å². The molecule has 1 aromatic rings. The van der Waals surface area contributed by atoms with Crippen LogP contribution in [0, 0.1) is 5.92 Å². The van der Waals surface area contributed by atoms with Crippen molar-refractivity contribution in [2.75, 3.05) is 13.2 Å². The van der Waals surface area contributed by atoms with Gasteiger partial charge in [0.25, 0.3) is 0 Å². The van der Waals surface area contributed by atoms with E-state index in [1.54, 1.807) is 0 Å². The van der Waals surface area contributed by atoms with Crippen molar-refractivity contribution in [1.29, 1.82) is 0 Å². The fraction of sp³-hybridized carbons (Fsp3) is 0.500. The highest BCUT2D eigenvalue weighted by molar-refractivity contribution is 6.30. The summed E-state index contributed by atoms with van der Waals surface area (Å²) in [7, 11) is 0. The van der Waals surface area contributed by atoms with E-state index in [0.29, 0.717) is 12.5 Å². The molecule has 0 aliphatic heterocycles. The minimum absolute atomic E-state index is 0.161. The zero-order chi connectivity index (χ0) is 11.3. The molecule has 3 N–H and O–H groups in total. The second-order valence-electron chi connectivity index (χ2n) is 3.97. The van der Waals surface area contributed by atoms with Crippen LogP contribution in [0.1, 0.15) is 24.8 Å². The lowest BCUT2D eigenvalue weighted by Crippen LogP contribution is -2.20. The van der Waals surface area contributed by atoms with Crippen LogP contribution in [-0.4, -0.2) is 18.3 Å². The number of aliphatic hydroxyl groups is 1. The second-order valence-corrected chi connectivity index (χ2v) is 4.41. The number of aliphatic hydroxyl groups excluding tert-OH is 1. The SMILES string of the molecule is CC(CC(CN)CO)c1ccc(Cl)cc1. The van der Waals surface area contributed by atoms with Gasteiger partial charge in [-0.25, -0.2) is 0 Å². The van der Waals surface area contributed by atoms with E-state index in [1.165, 1.54) is 5.56 Å². The summed E-state index contributed by atoms with van der Waals surface area (Å²) in [6.07, 6.45) is 0.911. The van der Waals surface area contributed by atoms with E-state index in [4.69, 9.17) is 22.4 Å². The minimum atomic E-state index is 0.161. The van der Waals surface area contributed by atoms with Crippen molar-refractivity contribution in [1.82, 2.24) is 0 Å². The highest BCUT2D eigenvalue weighted by Crippen LogP contribution is 2.24. The first kappa shape index (κ1) is 12.5.